The zero-order valence-corrected chi connectivity index (χ0v) is 16.8. The van der Waals surface area contributed by atoms with Crippen molar-refractivity contribution in [3.63, 3.8) is 0 Å². The topological polar surface area (TPSA) is 92.7 Å². The predicted octanol–water partition coefficient (Wildman–Crippen LogP) is 3.69. The summed E-state index contributed by atoms with van der Waals surface area (Å²) in [6, 6.07) is 3.07. The van der Waals surface area contributed by atoms with E-state index in [-0.39, 0.29) is 5.56 Å². The first kappa shape index (κ1) is 25.5. The molecular formula is C19H17F6NO5S. The molecule has 2 aromatic carbocycles. The highest BCUT2D eigenvalue weighted by Gasteiger charge is 2.43. The fourth-order valence-electron chi connectivity index (χ4n) is 2.81. The first-order valence-electron chi connectivity index (χ1n) is 8.82. The molecule has 0 aliphatic heterocycles. The molecule has 0 fully saturated rings. The summed E-state index contributed by atoms with van der Waals surface area (Å²) >= 11 is 0. The normalized spacial score (nSPS) is 14.2. The molecule has 0 aromatic heterocycles. The van der Waals surface area contributed by atoms with Gasteiger partial charge in [-0.05, 0) is 23.8 Å². The van der Waals surface area contributed by atoms with Gasteiger partial charge in [-0.3, -0.25) is 10.1 Å². The van der Waals surface area contributed by atoms with Gasteiger partial charge in [-0.1, -0.05) is 30.3 Å². The first-order chi connectivity index (χ1) is 14.8. The number of carboxylic acids is 1. The van der Waals surface area contributed by atoms with Crippen molar-refractivity contribution in [1.29, 1.82) is 0 Å². The maximum Gasteiger partial charge on any atom is 0.407 e. The molecule has 2 N–H and O–H groups in total. The number of aliphatic carboxylic acids is 1. The predicted molar refractivity (Wildman–Crippen MR) is 100 cm³/mol. The molecule has 0 saturated heterocycles. The molecule has 0 heterocycles. The molecule has 0 unspecified atom stereocenters. The van der Waals surface area contributed by atoms with E-state index in [0.29, 0.717) is 0 Å². The van der Waals surface area contributed by atoms with Gasteiger partial charge in [-0.15, -0.1) is 0 Å². The van der Waals surface area contributed by atoms with Gasteiger partial charge >= 0.3 is 18.8 Å². The van der Waals surface area contributed by atoms with E-state index >= 15 is 0 Å². The van der Waals surface area contributed by atoms with Crippen LogP contribution >= 0.6 is 0 Å². The van der Waals surface area contributed by atoms with Gasteiger partial charge in [0, 0.05) is 5.56 Å². The molecular weight excluding hydrogens is 468 g/mol. The lowest BCUT2D eigenvalue weighted by molar-refractivity contribution is -0.162. The minimum absolute atomic E-state index is 0.220. The molecule has 2 aromatic rings. The Morgan fingerprint density at radius 3 is 2.19 bits per heavy atom. The Hall–Kier alpha value is -2.80. The Kier molecular flexibility index (Phi) is 8.13. The summed E-state index contributed by atoms with van der Waals surface area (Å²) in [5, 5.41) is 11.0. The number of halogens is 6. The summed E-state index contributed by atoms with van der Waals surface area (Å²) in [6.45, 7) is -3.25. The number of benzene rings is 2. The van der Waals surface area contributed by atoms with Crippen LogP contribution < -0.4 is 10.1 Å². The van der Waals surface area contributed by atoms with Gasteiger partial charge < -0.3 is 9.84 Å². The van der Waals surface area contributed by atoms with Crippen molar-refractivity contribution < 1.29 is 49.4 Å². The molecule has 0 bridgehead atoms. The Morgan fingerprint density at radius 1 is 1.06 bits per heavy atom. The van der Waals surface area contributed by atoms with Crippen LogP contribution in [0.5, 0.6) is 5.75 Å². The standard InChI is InChI=1S/C19H17F6NO5S/c20-13-7-5-11(6-8-13)16(19(23,24)25)26-14(17(27)28)10-32(29,30)9-12-3-1-2-4-15(12)31-18(21)22/h1-8,14,16,18,26H,9-10H2,(H,27,28)/t14-,16-/m0/s1. The lowest BCUT2D eigenvalue weighted by Crippen LogP contribution is -2.48. The molecule has 176 valence electrons. The lowest BCUT2D eigenvalue weighted by atomic mass is 10.1. The Labute approximate surface area is 178 Å². The number of ether oxygens (including phenoxy) is 1. The second-order valence-corrected chi connectivity index (χ2v) is 8.73. The number of sulfone groups is 1. The van der Waals surface area contributed by atoms with E-state index in [2.05, 4.69) is 4.74 Å². The van der Waals surface area contributed by atoms with E-state index in [1.165, 1.54) is 12.1 Å². The molecule has 32 heavy (non-hydrogen) atoms. The third-order valence-corrected chi connectivity index (χ3v) is 5.77. The molecule has 6 nitrogen and oxygen atoms in total. The summed E-state index contributed by atoms with van der Waals surface area (Å²) in [5.74, 6) is -5.41. The Balaban J connectivity index is 2.27. The van der Waals surface area contributed by atoms with Crippen LogP contribution in [0.25, 0.3) is 0 Å². The minimum Gasteiger partial charge on any atom is -0.480 e. The summed E-state index contributed by atoms with van der Waals surface area (Å²) in [5.41, 5.74) is -0.749. The van der Waals surface area contributed by atoms with Crippen LogP contribution in [0.2, 0.25) is 0 Å². The molecule has 0 spiro atoms. The van der Waals surface area contributed by atoms with Crippen LogP contribution in [0, 0.1) is 5.82 Å². The summed E-state index contributed by atoms with van der Waals surface area (Å²) in [6.07, 6.45) is -5.03. The molecule has 0 aliphatic rings. The molecule has 0 radical (unpaired) electrons. The lowest BCUT2D eigenvalue weighted by Gasteiger charge is -2.26. The molecule has 0 aliphatic carbocycles. The molecule has 2 rings (SSSR count). The van der Waals surface area contributed by atoms with Gasteiger partial charge in [-0.25, -0.2) is 12.8 Å². The quantitative estimate of drug-likeness (QED) is 0.499. The van der Waals surface area contributed by atoms with Crippen LogP contribution in [0.15, 0.2) is 48.5 Å². The van der Waals surface area contributed by atoms with Crippen LogP contribution in [-0.4, -0.2) is 44.1 Å². The highest BCUT2D eigenvalue weighted by atomic mass is 32.2. The van der Waals surface area contributed by atoms with Crippen molar-refractivity contribution in [2.45, 2.75) is 30.6 Å². The third kappa shape index (κ3) is 7.41. The first-order valence-corrected chi connectivity index (χ1v) is 10.6. The monoisotopic (exact) mass is 485 g/mol. The van der Waals surface area contributed by atoms with Gasteiger partial charge in [0.1, 0.15) is 23.7 Å². The summed E-state index contributed by atoms with van der Waals surface area (Å²) < 4.78 is 108. The molecule has 2 atom stereocenters. The summed E-state index contributed by atoms with van der Waals surface area (Å²) in [7, 11) is -4.41. The number of alkyl halides is 5. The van der Waals surface area contributed by atoms with Crippen LogP contribution in [-0.2, 0) is 20.4 Å². The Bertz CT molecular complexity index is 1030. The number of hydrogen-bond acceptors (Lipinski definition) is 5. The van der Waals surface area contributed by atoms with Crippen molar-refractivity contribution in [3.8, 4) is 5.75 Å². The second-order valence-electron chi connectivity index (χ2n) is 6.62. The van der Waals surface area contributed by atoms with Gasteiger partial charge in [0.25, 0.3) is 0 Å². The summed E-state index contributed by atoms with van der Waals surface area (Å²) in [4.78, 5) is 11.5. The van der Waals surface area contributed by atoms with Gasteiger partial charge in [0.15, 0.2) is 9.84 Å². The fourth-order valence-corrected chi connectivity index (χ4v) is 4.39. The smallest absolute Gasteiger partial charge is 0.407 e. The number of para-hydroxylation sites is 1. The van der Waals surface area contributed by atoms with E-state index < -0.39 is 69.3 Å². The number of carbonyl (C=O) groups is 1. The van der Waals surface area contributed by atoms with E-state index in [1.54, 1.807) is 5.32 Å². The zero-order chi connectivity index (χ0) is 24.1. The average molecular weight is 485 g/mol. The fraction of sp³-hybridized carbons (Fsp3) is 0.316. The highest BCUT2D eigenvalue weighted by molar-refractivity contribution is 7.90. The van der Waals surface area contributed by atoms with Crippen molar-refractivity contribution in [2.75, 3.05) is 5.75 Å². The van der Waals surface area contributed by atoms with Gasteiger partial charge in [-0.2, -0.15) is 22.0 Å². The maximum absolute atomic E-state index is 13.5. The average Bonchev–Trinajstić information content (AvgIpc) is 2.66. The molecule has 0 amide bonds. The second kappa shape index (κ2) is 10.2. The van der Waals surface area contributed by atoms with Gasteiger partial charge in [0.2, 0.25) is 0 Å². The number of carboxylic acid groups (broad SMARTS) is 1. The van der Waals surface area contributed by atoms with E-state index in [4.69, 9.17) is 0 Å². The minimum atomic E-state index is -5.03. The van der Waals surface area contributed by atoms with Crippen LogP contribution in [0.4, 0.5) is 26.3 Å². The third-order valence-electron chi connectivity index (χ3n) is 4.18. The van der Waals surface area contributed by atoms with Crippen LogP contribution in [0.1, 0.15) is 17.2 Å². The van der Waals surface area contributed by atoms with E-state index in [0.717, 1.165) is 36.4 Å². The number of hydrogen-bond donors (Lipinski definition) is 2. The van der Waals surface area contributed by atoms with Crippen molar-refractivity contribution in [1.82, 2.24) is 5.32 Å². The number of rotatable bonds is 10. The molecule has 13 heteroatoms. The van der Waals surface area contributed by atoms with Gasteiger partial charge in [0.05, 0.1) is 11.5 Å². The number of nitrogens with one attached hydrogen (secondary N) is 1. The van der Waals surface area contributed by atoms with Crippen molar-refractivity contribution in [3.05, 3.63) is 65.5 Å². The highest BCUT2D eigenvalue weighted by Crippen LogP contribution is 2.33. The SMILES string of the molecule is O=C(O)[C@H](CS(=O)(=O)Cc1ccccc1OC(F)F)N[C@@H](c1ccc(F)cc1)C(F)(F)F. The van der Waals surface area contributed by atoms with E-state index in [1.807, 2.05) is 0 Å². The van der Waals surface area contributed by atoms with Crippen molar-refractivity contribution in [2.24, 2.45) is 0 Å². The van der Waals surface area contributed by atoms with E-state index in [9.17, 15) is 44.7 Å². The largest absolute Gasteiger partial charge is 0.480 e. The van der Waals surface area contributed by atoms with Crippen LogP contribution in [0.3, 0.4) is 0 Å². The molecule has 0 saturated carbocycles. The van der Waals surface area contributed by atoms with Crippen molar-refractivity contribution >= 4 is 15.8 Å². The Morgan fingerprint density at radius 2 is 1.66 bits per heavy atom. The zero-order valence-electron chi connectivity index (χ0n) is 16.0. The maximum atomic E-state index is 13.5.